The Morgan fingerprint density at radius 1 is 1.21 bits per heavy atom. The van der Waals surface area contributed by atoms with E-state index in [1.54, 1.807) is 0 Å². The van der Waals surface area contributed by atoms with Gasteiger partial charge in [-0.05, 0) is 39.3 Å². The Morgan fingerprint density at radius 2 is 1.95 bits per heavy atom. The van der Waals surface area contributed by atoms with Gasteiger partial charge in [-0.1, -0.05) is 25.1 Å². The SMILES string of the molecule is CCCN(CCCOc1ccccc1CN)C(C)C. The van der Waals surface area contributed by atoms with Gasteiger partial charge in [0.15, 0.2) is 0 Å². The van der Waals surface area contributed by atoms with Gasteiger partial charge >= 0.3 is 0 Å². The number of benzene rings is 1. The highest BCUT2D eigenvalue weighted by molar-refractivity contribution is 5.32. The van der Waals surface area contributed by atoms with E-state index in [-0.39, 0.29) is 0 Å². The molecule has 3 nitrogen and oxygen atoms in total. The van der Waals surface area contributed by atoms with E-state index in [9.17, 15) is 0 Å². The zero-order chi connectivity index (χ0) is 14.1. The molecule has 1 rings (SSSR count). The lowest BCUT2D eigenvalue weighted by Crippen LogP contribution is -2.33. The maximum Gasteiger partial charge on any atom is 0.123 e. The second-order valence-electron chi connectivity index (χ2n) is 5.14. The second kappa shape index (κ2) is 8.94. The average molecular weight is 264 g/mol. The van der Waals surface area contributed by atoms with Crippen LogP contribution in [-0.2, 0) is 6.54 Å². The van der Waals surface area contributed by atoms with Crippen molar-refractivity contribution in [3.05, 3.63) is 29.8 Å². The molecule has 0 unspecified atom stereocenters. The van der Waals surface area contributed by atoms with E-state index in [1.807, 2.05) is 24.3 Å². The van der Waals surface area contributed by atoms with Gasteiger partial charge in [0.05, 0.1) is 6.61 Å². The lowest BCUT2D eigenvalue weighted by molar-refractivity contribution is 0.198. The fraction of sp³-hybridized carbons (Fsp3) is 0.625. The van der Waals surface area contributed by atoms with Crippen molar-refractivity contribution in [3.63, 3.8) is 0 Å². The molecule has 0 radical (unpaired) electrons. The minimum atomic E-state index is 0.532. The highest BCUT2D eigenvalue weighted by Gasteiger charge is 2.07. The van der Waals surface area contributed by atoms with E-state index in [2.05, 4.69) is 25.7 Å². The Morgan fingerprint density at radius 3 is 2.58 bits per heavy atom. The first-order valence-corrected chi connectivity index (χ1v) is 7.33. The molecule has 0 atom stereocenters. The first-order chi connectivity index (χ1) is 9.19. The molecule has 3 heteroatoms. The van der Waals surface area contributed by atoms with Crippen LogP contribution in [0.25, 0.3) is 0 Å². The van der Waals surface area contributed by atoms with Crippen molar-refractivity contribution in [2.24, 2.45) is 5.73 Å². The van der Waals surface area contributed by atoms with E-state index < -0.39 is 0 Å². The van der Waals surface area contributed by atoms with Crippen LogP contribution < -0.4 is 10.5 Å². The summed E-state index contributed by atoms with van der Waals surface area (Å²) in [6.07, 6.45) is 2.26. The summed E-state index contributed by atoms with van der Waals surface area (Å²) in [6, 6.07) is 8.61. The maximum absolute atomic E-state index is 5.83. The molecular weight excluding hydrogens is 236 g/mol. The average Bonchev–Trinajstić information content (AvgIpc) is 2.42. The fourth-order valence-electron chi connectivity index (χ4n) is 2.18. The number of ether oxygens (including phenoxy) is 1. The summed E-state index contributed by atoms with van der Waals surface area (Å²) in [5.74, 6) is 0.927. The molecule has 0 aliphatic heterocycles. The second-order valence-corrected chi connectivity index (χ2v) is 5.14. The molecule has 1 aromatic carbocycles. The van der Waals surface area contributed by atoms with E-state index >= 15 is 0 Å². The van der Waals surface area contributed by atoms with Crippen LogP contribution in [0.3, 0.4) is 0 Å². The first-order valence-electron chi connectivity index (χ1n) is 7.33. The Labute approximate surface area is 117 Å². The molecule has 0 saturated carbocycles. The number of nitrogens with zero attached hydrogens (tertiary/aromatic N) is 1. The number of nitrogens with two attached hydrogens (primary N) is 1. The molecule has 0 aromatic heterocycles. The molecule has 2 N–H and O–H groups in total. The van der Waals surface area contributed by atoms with Crippen LogP contribution in [0.1, 0.15) is 39.2 Å². The van der Waals surface area contributed by atoms with Crippen molar-refractivity contribution in [3.8, 4) is 5.75 Å². The highest BCUT2D eigenvalue weighted by atomic mass is 16.5. The summed E-state index contributed by atoms with van der Waals surface area (Å²) < 4.78 is 5.83. The number of para-hydroxylation sites is 1. The predicted molar refractivity (Wildman–Crippen MR) is 81.4 cm³/mol. The van der Waals surface area contributed by atoms with Crippen LogP contribution in [0.2, 0.25) is 0 Å². The number of hydrogen-bond acceptors (Lipinski definition) is 3. The van der Waals surface area contributed by atoms with Crippen molar-refractivity contribution in [1.82, 2.24) is 4.90 Å². The fourth-order valence-corrected chi connectivity index (χ4v) is 2.18. The van der Waals surface area contributed by atoms with Crippen molar-refractivity contribution in [2.45, 2.75) is 46.2 Å². The molecule has 108 valence electrons. The summed E-state index contributed by atoms with van der Waals surface area (Å²) in [4.78, 5) is 2.50. The van der Waals surface area contributed by atoms with Gasteiger partial charge in [-0.25, -0.2) is 0 Å². The third-order valence-electron chi connectivity index (χ3n) is 3.28. The largest absolute Gasteiger partial charge is 0.493 e. The quantitative estimate of drug-likeness (QED) is 0.697. The molecule has 0 fully saturated rings. The summed E-state index contributed by atoms with van der Waals surface area (Å²) in [6.45, 7) is 10.3. The smallest absolute Gasteiger partial charge is 0.123 e. The normalized spacial score (nSPS) is 11.3. The van der Waals surface area contributed by atoms with Gasteiger partial charge in [-0.3, -0.25) is 0 Å². The molecule has 0 aliphatic rings. The van der Waals surface area contributed by atoms with Gasteiger partial charge in [0.25, 0.3) is 0 Å². The van der Waals surface area contributed by atoms with Gasteiger partial charge in [-0.2, -0.15) is 0 Å². The Hall–Kier alpha value is -1.06. The molecule has 0 saturated heterocycles. The zero-order valence-corrected chi connectivity index (χ0v) is 12.6. The van der Waals surface area contributed by atoms with E-state index in [0.717, 1.165) is 37.4 Å². The first kappa shape index (κ1) is 16.0. The third kappa shape index (κ3) is 5.62. The van der Waals surface area contributed by atoms with Crippen molar-refractivity contribution in [1.29, 1.82) is 0 Å². The van der Waals surface area contributed by atoms with Crippen LogP contribution in [0.15, 0.2) is 24.3 Å². The van der Waals surface area contributed by atoms with E-state index in [1.165, 1.54) is 6.42 Å². The van der Waals surface area contributed by atoms with Gasteiger partial charge in [-0.15, -0.1) is 0 Å². The van der Waals surface area contributed by atoms with E-state index in [4.69, 9.17) is 10.5 Å². The van der Waals surface area contributed by atoms with Gasteiger partial charge in [0.2, 0.25) is 0 Å². The van der Waals surface area contributed by atoms with Crippen LogP contribution in [0.5, 0.6) is 5.75 Å². The molecule has 0 heterocycles. The summed E-state index contributed by atoms with van der Waals surface area (Å²) in [5, 5.41) is 0. The Kier molecular flexibility index (Phi) is 7.53. The molecule has 0 spiro atoms. The summed E-state index contributed by atoms with van der Waals surface area (Å²) in [7, 11) is 0. The number of rotatable bonds is 9. The van der Waals surface area contributed by atoms with Gasteiger partial charge < -0.3 is 15.4 Å². The molecule has 1 aromatic rings. The standard InChI is InChI=1S/C16H28N2O/c1-4-10-18(14(2)3)11-7-12-19-16-9-6-5-8-15(16)13-17/h5-6,8-9,14H,4,7,10-13,17H2,1-3H3. The lowest BCUT2D eigenvalue weighted by Gasteiger charge is -2.25. The van der Waals surface area contributed by atoms with Crippen LogP contribution in [0.4, 0.5) is 0 Å². The van der Waals surface area contributed by atoms with Crippen LogP contribution in [-0.4, -0.2) is 30.6 Å². The van der Waals surface area contributed by atoms with Crippen molar-refractivity contribution in [2.75, 3.05) is 19.7 Å². The maximum atomic E-state index is 5.83. The molecule has 0 bridgehead atoms. The zero-order valence-electron chi connectivity index (χ0n) is 12.6. The minimum Gasteiger partial charge on any atom is -0.493 e. The Balaban J connectivity index is 2.33. The Bertz CT molecular complexity index is 352. The predicted octanol–water partition coefficient (Wildman–Crippen LogP) is 3.03. The monoisotopic (exact) mass is 264 g/mol. The summed E-state index contributed by atoms with van der Waals surface area (Å²) in [5.41, 5.74) is 6.77. The van der Waals surface area contributed by atoms with E-state index in [0.29, 0.717) is 12.6 Å². The number of hydrogen-bond donors (Lipinski definition) is 1. The minimum absolute atomic E-state index is 0.532. The van der Waals surface area contributed by atoms with Gasteiger partial charge in [0.1, 0.15) is 5.75 Å². The summed E-state index contributed by atoms with van der Waals surface area (Å²) >= 11 is 0. The van der Waals surface area contributed by atoms with Crippen molar-refractivity contribution < 1.29 is 4.74 Å². The lowest BCUT2D eigenvalue weighted by atomic mass is 10.2. The third-order valence-corrected chi connectivity index (χ3v) is 3.28. The molecule has 0 amide bonds. The highest BCUT2D eigenvalue weighted by Crippen LogP contribution is 2.17. The van der Waals surface area contributed by atoms with Crippen LogP contribution >= 0.6 is 0 Å². The van der Waals surface area contributed by atoms with Gasteiger partial charge in [0, 0.05) is 24.7 Å². The molecular formula is C16H28N2O. The van der Waals surface area contributed by atoms with Crippen LogP contribution in [0, 0.1) is 0 Å². The molecule has 19 heavy (non-hydrogen) atoms. The topological polar surface area (TPSA) is 38.5 Å². The van der Waals surface area contributed by atoms with Crippen molar-refractivity contribution >= 4 is 0 Å². The molecule has 0 aliphatic carbocycles.